The number of allylic oxidation sites excluding steroid dienone is 2. The summed E-state index contributed by atoms with van der Waals surface area (Å²) in [7, 11) is 0. The zero-order valence-corrected chi connectivity index (χ0v) is 12.9. The van der Waals surface area contributed by atoms with Crippen molar-refractivity contribution in [3.63, 3.8) is 0 Å². The fraction of sp³-hybridized carbons (Fsp3) is 0.733. The normalized spacial score (nSPS) is 49.3. The Hall–Kier alpha value is -0.440. The number of carbonyl (C=O) groups excluding carboxylic acids is 2. The van der Waals surface area contributed by atoms with Crippen LogP contribution in [0, 0.1) is 28.1 Å². The lowest BCUT2D eigenvalue weighted by Crippen LogP contribution is -2.44. The lowest BCUT2D eigenvalue weighted by Gasteiger charge is -2.38. The molecule has 4 atom stereocenters. The number of halogens is 1. The highest BCUT2D eigenvalue weighted by Crippen LogP contribution is 2.74. The highest BCUT2D eigenvalue weighted by molar-refractivity contribution is 9.12. The summed E-state index contributed by atoms with van der Waals surface area (Å²) in [5.74, 6) is 0.841. The molecule has 0 unspecified atom stereocenters. The summed E-state index contributed by atoms with van der Waals surface area (Å²) in [6.07, 6.45) is 4.24. The summed E-state index contributed by atoms with van der Waals surface area (Å²) in [5, 5.41) is 0. The Labute approximate surface area is 116 Å². The van der Waals surface area contributed by atoms with E-state index in [1.807, 2.05) is 20.8 Å². The third kappa shape index (κ3) is 0.962. The van der Waals surface area contributed by atoms with Crippen LogP contribution in [-0.4, -0.2) is 11.6 Å². The van der Waals surface area contributed by atoms with Gasteiger partial charge in [0.1, 0.15) is 0 Å². The highest BCUT2D eigenvalue weighted by Gasteiger charge is 2.77. The minimum Gasteiger partial charge on any atom is -0.298 e. The molecule has 18 heavy (non-hydrogen) atoms. The minimum absolute atomic E-state index is 0.00294. The van der Waals surface area contributed by atoms with E-state index in [0.717, 1.165) is 12.8 Å². The molecule has 2 saturated carbocycles. The Kier molecular flexibility index (Phi) is 2.22. The van der Waals surface area contributed by atoms with Gasteiger partial charge in [0, 0.05) is 10.8 Å². The van der Waals surface area contributed by atoms with E-state index in [4.69, 9.17) is 0 Å². The van der Waals surface area contributed by atoms with Gasteiger partial charge < -0.3 is 0 Å². The third-order valence-corrected chi connectivity index (χ3v) is 6.68. The topological polar surface area (TPSA) is 34.1 Å². The van der Waals surface area contributed by atoms with Crippen LogP contribution in [-0.2, 0) is 9.59 Å². The molecule has 3 aliphatic rings. The number of hydrogen-bond donors (Lipinski definition) is 0. The van der Waals surface area contributed by atoms with Crippen molar-refractivity contribution < 1.29 is 9.59 Å². The fourth-order valence-electron chi connectivity index (χ4n) is 5.24. The Morgan fingerprint density at radius 3 is 2.44 bits per heavy atom. The first-order chi connectivity index (χ1) is 8.20. The SMILES string of the molecule is C[C@@H]1CC[C@H]2C(C)(C)C(=O)[C@]3(C)C(=O)C(Br)=C[C@]123. The molecule has 0 radical (unpaired) electrons. The number of Topliss-reactive ketones (excluding diaryl/α,β-unsaturated/α-hetero) is 2. The Bertz CT molecular complexity index is 505. The summed E-state index contributed by atoms with van der Waals surface area (Å²) in [6, 6.07) is 0. The first kappa shape index (κ1) is 12.6. The number of hydrogen-bond acceptors (Lipinski definition) is 2. The fourth-order valence-corrected chi connectivity index (χ4v) is 6.01. The summed E-state index contributed by atoms with van der Waals surface area (Å²) < 4.78 is 0.618. The molecule has 2 fully saturated rings. The second-order valence-electron chi connectivity index (χ2n) is 6.96. The predicted octanol–water partition coefficient (Wildman–Crippen LogP) is 3.50. The minimum atomic E-state index is -0.837. The van der Waals surface area contributed by atoms with Crippen molar-refractivity contribution in [2.24, 2.45) is 28.1 Å². The zero-order chi connectivity index (χ0) is 13.5. The second-order valence-corrected chi connectivity index (χ2v) is 7.82. The molecule has 3 aliphatic carbocycles. The van der Waals surface area contributed by atoms with E-state index in [2.05, 4.69) is 28.9 Å². The van der Waals surface area contributed by atoms with Crippen LogP contribution in [0.15, 0.2) is 10.6 Å². The van der Waals surface area contributed by atoms with E-state index in [1.54, 1.807) is 0 Å². The van der Waals surface area contributed by atoms with Crippen LogP contribution < -0.4 is 0 Å². The maximum absolute atomic E-state index is 12.9. The molecular weight excluding hydrogens is 292 g/mol. The summed E-state index contributed by atoms with van der Waals surface area (Å²) in [4.78, 5) is 25.4. The van der Waals surface area contributed by atoms with Gasteiger partial charge in [0.25, 0.3) is 0 Å². The van der Waals surface area contributed by atoms with Crippen molar-refractivity contribution >= 4 is 27.5 Å². The van der Waals surface area contributed by atoms with Crippen LogP contribution in [0.4, 0.5) is 0 Å². The molecule has 0 amide bonds. The molecule has 0 aromatic heterocycles. The van der Waals surface area contributed by atoms with Crippen molar-refractivity contribution in [1.82, 2.24) is 0 Å². The molecule has 3 rings (SSSR count). The van der Waals surface area contributed by atoms with Gasteiger partial charge in [-0.05, 0) is 47.5 Å². The maximum atomic E-state index is 12.9. The molecule has 3 heteroatoms. The molecule has 98 valence electrons. The van der Waals surface area contributed by atoms with Gasteiger partial charge in [0.15, 0.2) is 11.6 Å². The lowest BCUT2D eigenvalue weighted by atomic mass is 9.61. The molecule has 0 heterocycles. The van der Waals surface area contributed by atoms with Crippen LogP contribution in [0.1, 0.15) is 40.5 Å². The van der Waals surface area contributed by atoms with E-state index < -0.39 is 5.41 Å². The first-order valence-corrected chi connectivity index (χ1v) is 7.48. The van der Waals surface area contributed by atoms with Gasteiger partial charge in [0.2, 0.25) is 0 Å². The van der Waals surface area contributed by atoms with Crippen LogP contribution in [0.2, 0.25) is 0 Å². The Morgan fingerprint density at radius 2 is 1.83 bits per heavy atom. The molecule has 1 spiro atoms. The van der Waals surface area contributed by atoms with Crippen LogP contribution in [0.3, 0.4) is 0 Å². The van der Waals surface area contributed by atoms with Crippen molar-refractivity contribution in [3.8, 4) is 0 Å². The zero-order valence-electron chi connectivity index (χ0n) is 11.3. The molecule has 2 nitrogen and oxygen atoms in total. The van der Waals surface area contributed by atoms with Crippen LogP contribution in [0.25, 0.3) is 0 Å². The maximum Gasteiger partial charge on any atom is 0.183 e. The summed E-state index contributed by atoms with van der Waals surface area (Å²) in [6.45, 7) is 8.13. The van der Waals surface area contributed by atoms with E-state index >= 15 is 0 Å². The second kappa shape index (κ2) is 3.17. The standard InChI is InChI=1S/C15H19BrO2/c1-8-5-6-10-13(2,3)12(18)14(4)11(17)9(16)7-15(8,10)14/h7-8,10H,5-6H2,1-4H3/t8-,10+,14+,15+/m1/s1. The quantitative estimate of drug-likeness (QED) is 0.642. The number of ketones is 2. The summed E-state index contributed by atoms with van der Waals surface area (Å²) in [5.41, 5.74) is -1.46. The van der Waals surface area contributed by atoms with E-state index in [-0.39, 0.29) is 22.4 Å². The average Bonchev–Trinajstić information content (AvgIpc) is 2.77. The van der Waals surface area contributed by atoms with Gasteiger partial charge >= 0.3 is 0 Å². The third-order valence-electron chi connectivity index (χ3n) is 6.09. The van der Waals surface area contributed by atoms with Crippen molar-refractivity contribution in [2.75, 3.05) is 0 Å². The average molecular weight is 311 g/mol. The molecule has 0 aromatic rings. The van der Waals surface area contributed by atoms with Gasteiger partial charge in [-0.15, -0.1) is 0 Å². The first-order valence-electron chi connectivity index (χ1n) is 6.68. The van der Waals surface area contributed by atoms with Crippen LogP contribution in [0.5, 0.6) is 0 Å². The largest absolute Gasteiger partial charge is 0.298 e. The molecule has 0 aromatic carbocycles. The summed E-state index contributed by atoms with van der Waals surface area (Å²) >= 11 is 3.38. The van der Waals surface area contributed by atoms with E-state index in [9.17, 15) is 9.59 Å². The van der Waals surface area contributed by atoms with Gasteiger partial charge in [-0.2, -0.15) is 0 Å². The number of rotatable bonds is 0. The van der Waals surface area contributed by atoms with Gasteiger partial charge in [-0.25, -0.2) is 0 Å². The molecule has 0 N–H and O–H groups in total. The molecule has 0 aliphatic heterocycles. The molecular formula is C15H19BrO2. The monoisotopic (exact) mass is 310 g/mol. The highest BCUT2D eigenvalue weighted by atomic mass is 79.9. The van der Waals surface area contributed by atoms with Gasteiger partial charge in [-0.3, -0.25) is 9.59 Å². The van der Waals surface area contributed by atoms with E-state index in [1.165, 1.54) is 0 Å². The van der Waals surface area contributed by atoms with Gasteiger partial charge in [0.05, 0.1) is 9.90 Å². The Balaban J connectivity index is 2.33. The van der Waals surface area contributed by atoms with Crippen molar-refractivity contribution in [1.29, 1.82) is 0 Å². The molecule has 0 saturated heterocycles. The molecule has 0 bridgehead atoms. The lowest BCUT2D eigenvalue weighted by molar-refractivity contribution is -0.141. The number of carbonyl (C=O) groups is 2. The van der Waals surface area contributed by atoms with E-state index in [0.29, 0.717) is 16.3 Å². The van der Waals surface area contributed by atoms with Crippen LogP contribution >= 0.6 is 15.9 Å². The van der Waals surface area contributed by atoms with Crippen molar-refractivity contribution in [2.45, 2.75) is 40.5 Å². The van der Waals surface area contributed by atoms with Crippen molar-refractivity contribution in [3.05, 3.63) is 10.6 Å². The van der Waals surface area contributed by atoms with Gasteiger partial charge in [-0.1, -0.05) is 26.8 Å². The Morgan fingerprint density at radius 1 is 1.22 bits per heavy atom. The predicted molar refractivity (Wildman–Crippen MR) is 73.2 cm³/mol. The smallest absolute Gasteiger partial charge is 0.183 e.